The van der Waals surface area contributed by atoms with Crippen molar-refractivity contribution in [3.63, 3.8) is 0 Å². The SMILES string of the molecule is CCNC(=NCc1ccco1)NCCCSc1nccs1.I. The van der Waals surface area contributed by atoms with Crippen LogP contribution in [-0.2, 0) is 6.54 Å². The largest absolute Gasteiger partial charge is 0.467 e. The molecule has 2 aromatic heterocycles. The van der Waals surface area contributed by atoms with Crippen LogP contribution in [0.25, 0.3) is 0 Å². The van der Waals surface area contributed by atoms with Gasteiger partial charge >= 0.3 is 0 Å². The minimum absolute atomic E-state index is 0. The highest BCUT2D eigenvalue weighted by molar-refractivity contribution is 14.0. The minimum Gasteiger partial charge on any atom is -0.467 e. The van der Waals surface area contributed by atoms with Crippen LogP contribution in [-0.4, -0.2) is 29.8 Å². The van der Waals surface area contributed by atoms with E-state index < -0.39 is 0 Å². The molecule has 0 fully saturated rings. The molecule has 2 rings (SSSR count). The number of halogens is 1. The lowest BCUT2D eigenvalue weighted by Crippen LogP contribution is -2.37. The molecule has 8 heteroatoms. The van der Waals surface area contributed by atoms with Crippen LogP contribution in [0.5, 0.6) is 0 Å². The van der Waals surface area contributed by atoms with Crippen LogP contribution >= 0.6 is 47.1 Å². The Morgan fingerprint density at radius 1 is 1.45 bits per heavy atom. The summed E-state index contributed by atoms with van der Waals surface area (Å²) in [6, 6.07) is 3.80. The number of guanidine groups is 1. The first-order valence-corrected chi connectivity index (χ1v) is 8.82. The van der Waals surface area contributed by atoms with E-state index in [1.165, 1.54) is 0 Å². The van der Waals surface area contributed by atoms with Gasteiger partial charge in [-0.1, -0.05) is 11.8 Å². The molecule has 0 amide bonds. The number of aromatic nitrogens is 1. The quantitative estimate of drug-likeness (QED) is 0.211. The van der Waals surface area contributed by atoms with Crippen LogP contribution < -0.4 is 10.6 Å². The van der Waals surface area contributed by atoms with Crippen molar-refractivity contribution in [2.24, 2.45) is 4.99 Å². The Hall–Kier alpha value is -0.740. The number of hydrogen-bond donors (Lipinski definition) is 2. The molecule has 122 valence electrons. The maximum absolute atomic E-state index is 5.27. The second-order valence-electron chi connectivity index (χ2n) is 4.20. The highest BCUT2D eigenvalue weighted by atomic mass is 127. The van der Waals surface area contributed by atoms with Gasteiger partial charge in [0.15, 0.2) is 5.96 Å². The highest BCUT2D eigenvalue weighted by Crippen LogP contribution is 2.20. The average Bonchev–Trinajstić information content (AvgIpc) is 3.17. The standard InChI is InChI=1S/C14H20N4OS2.HI/c1-2-15-13(18-11-12-5-3-8-19-12)16-6-4-9-20-14-17-7-10-21-14;/h3,5,7-8,10H,2,4,6,9,11H2,1H3,(H2,15,16,18);1H. The van der Waals surface area contributed by atoms with Crippen LogP contribution in [0.3, 0.4) is 0 Å². The summed E-state index contributed by atoms with van der Waals surface area (Å²) in [6.45, 7) is 4.35. The predicted molar refractivity (Wildman–Crippen MR) is 104 cm³/mol. The fourth-order valence-corrected chi connectivity index (χ4v) is 3.27. The maximum atomic E-state index is 5.27. The third-order valence-corrected chi connectivity index (χ3v) is 4.62. The molecule has 2 aromatic rings. The second kappa shape index (κ2) is 11.8. The van der Waals surface area contributed by atoms with Crippen LogP contribution in [0.1, 0.15) is 19.1 Å². The summed E-state index contributed by atoms with van der Waals surface area (Å²) >= 11 is 3.48. The normalized spacial score (nSPS) is 11.0. The summed E-state index contributed by atoms with van der Waals surface area (Å²) in [7, 11) is 0. The Morgan fingerprint density at radius 2 is 2.36 bits per heavy atom. The van der Waals surface area contributed by atoms with Crippen molar-refractivity contribution in [1.82, 2.24) is 15.6 Å². The molecule has 0 aliphatic carbocycles. The zero-order valence-corrected chi connectivity index (χ0v) is 16.4. The monoisotopic (exact) mass is 452 g/mol. The van der Waals surface area contributed by atoms with E-state index in [2.05, 4.69) is 27.5 Å². The lowest BCUT2D eigenvalue weighted by molar-refractivity contribution is 0.512. The van der Waals surface area contributed by atoms with Gasteiger partial charge in [-0.3, -0.25) is 0 Å². The zero-order chi connectivity index (χ0) is 14.8. The van der Waals surface area contributed by atoms with E-state index in [4.69, 9.17) is 4.42 Å². The molecule has 2 heterocycles. The summed E-state index contributed by atoms with van der Waals surface area (Å²) in [5, 5.41) is 8.56. The molecule has 0 spiro atoms. The number of rotatable bonds is 8. The number of hydrogen-bond acceptors (Lipinski definition) is 5. The number of nitrogens with one attached hydrogen (secondary N) is 2. The number of thioether (sulfide) groups is 1. The zero-order valence-electron chi connectivity index (χ0n) is 12.4. The molecule has 0 saturated heterocycles. The smallest absolute Gasteiger partial charge is 0.191 e. The number of aliphatic imine (C=N–C) groups is 1. The topological polar surface area (TPSA) is 62.5 Å². The third-order valence-electron chi connectivity index (χ3n) is 2.57. The van der Waals surface area contributed by atoms with E-state index in [-0.39, 0.29) is 24.0 Å². The third kappa shape index (κ3) is 7.50. The molecule has 0 aromatic carbocycles. The fraction of sp³-hybridized carbons (Fsp3) is 0.429. The van der Waals surface area contributed by atoms with Gasteiger partial charge < -0.3 is 15.1 Å². The van der Waals surface area contributed by atoms with Crippen molar-refractivity contribution in [2.75, 3.05) is 18.8 Å². The van der Waals surface area contributed by atoms with Crippen molar-refractivity contribution in [3.05, 3.63) is 35.7 Å². The summed E-state index contributed by atoms with van der Waals surface area (Å²) < 4.78 is 6.41. The van der Waals surface area contributed by atoms with Gasteiger partial charge in [0.1, 0.15) is 16.6 Å². The summed E-state index contributed by atoms with van der Waals surface area (Å²) in [6.07, 6.45) is 4.58. The van der Waals surface area contributed by atoms with Gasteiger partial charge in [-0.05, 0) is 25.5 Å². The Balaban J connectivity index is 0.00000242. The van der Waals surface area contributed by atoms with Gasteiger partial charge in [-0.25, -0.2) is 9.98 Å². The van der Waals surface area contributed by atoms with Gasteiger partial charge in [0, 0.05) is 30.4 Å². The molecule has 0 saturated carbocycles. The van der Waals surface area contributed by atoms with E-state index in [1.807, 2.05) is 23.7 Å². The van der Waals surface area contributed by atoms with E-state index in [0.29, 0.717) is 6.54 Å². The lowest BCUT2D eigenvalue weighted by Gasteiger charge is -2.10. The van der Waals surface area contributed by atoms with Crippen molar-refractivity contribution in [1.29, 1.82) is 0 Å². The average molecular weight is 452 g/mol. The van der Waals surface area contributed by atoms with Crippen molar-refractivity contribution in [3.8, 4) is 0 Å². The van der Waals surface area contributed by atoms with E-state index in [9.17, 15) is 0 Å². The Morgan fingerprint density at radius 3 is 3.05 bits per heavy atom. The summed E-state index contributed by atoms with van der Waals surface area (Å²) in [5.74, 6) is 2.75. The first-order chi connectivity index (χ1) is 10.4. The molecule has 0 radical (unpaired) electrons. The van der Waals surface area contributed by atoms with E-state index in [0.717, 1.165) is 41.3 Å². The van der Waals surface area contributed by atoms with Crippen LogP contribution in [0, 0.1) is 0 Å². The summed E-state index contributed by atoms with van der Waals surface area (Å²) in [5.41, 5.74) is 0. The molecular weight excluding hydrogens is 431 g/mol. The molecule has 0 aliphatic heterocycles. The molecule has 2 N–H and O–H groups in total. The van der Waals surface area contributed by atoms with Crippen LogP contribution in [0.4, 0.5) is 0 Å². The van der Waals surface area contributed by atoms with Crippen LogP contribution in [0.2, 0.25) is 0 Å². The molecule has 0 atom stereocenters. The Labute approximate surface area is 156 Å². The maximum Gasteiger partial charge on any atom is 0.191 e. The number of furan rings is 1. The first-order valence-electron chi connectivity index (χ1n) is 6.95. The predicted octanol–water partition coefficient (Wildman–Crippen LogP) is 3.59. The number of nitrogens with zero attached hydrogens (tertiary/aromatic N) is 2. The highest BCUT2D eigenvalue weighted by Gasteiger charge is 2.00. The molecule has 0 bridgehead atoms. The van der Waals surface area contributed by atoms with Gasteiger partial charge in [-0.15, -0.1) is 35.3 Å². The van der Waals surface area contributed by atoms with E-state index >= 15 is 0 Å². The Bertz CT molecular complexity index is 517. The molecule has 22 heavy (non-hydrogen) atoms. The van der Waals surface area contributed by atoms with Crippen molar-refractivity contribution < 1.29 is 4.42 Å². The van der Waals surface area contributed by atoms with Gasteiger partial charge in [-0.2, -0.15) is 0 Å². The van der Waals surface area contributed by atoms with Crippen LogP contribution in [0.15, 0.2) is 43.7 Å². The summed E-state index contributed by atoms with van der Waals surface area (Å²) in [4.78, 5) is 8.74. The molecule has 0 aliphatic rings. The first kappa shape index (κ1) is 19.3. The lowest BCUT2D eigenvalue weighted by atomic mass is 10.4. The van der Waals surface area contributed by atoms with Gasteiger partial charge in [0.2, 0.25) is 0 Å². The number of thiazole rings is 1. The van der Waals surface area contributed by atoms with Gasteiger partial charge in [0.05, 0.1) is 6.26 Å². The fourth-order valence-electron chi connectivity index (χ4n) is 1.62. The van der Waals surface area contributed by atoms with Crippen molar-refractivity contribution in [2.45, 2.75) is 24.2 Å². The molecule has 0 unspecified atom stereocenters. The Kier molecular flexibility index (Phi) is 10.3. The second-order valence-corrected chi connectivity index (χ2v) is 6.44. The molecular formula is C14H21IN4OS2. The molecule has 5 nitrogen and oxygen atoms in total. The van der Waals surface area contributed by atoms with Gasteiger partial charge in [0.25, 0.3) is 0 Å². The van der Waals surface area contributed by atoms with Crippen molar-refractivity contribution >= 4 is 53.0 Å². The van der Waals surface area contributed by atoms with E-state index in [1.54, 1.807) is 29.4 Å². The minimum atomic E-state index is 0.